The summed E-state index contributed by atoms with van der Waals surface area (Å²) in [4.78, 5) is 10.5. The second-order valence-electron chi connectivity index (χ2n) is 4.17. The Bertz CT molecular complexity index is 640. The molecule has 1 amide bonds. The zero-order valence-electron chi connectivity index (χ0n) is 9.35. The number of aliphatic hydroxyl groups excluding tert-OH is 1. The van der Waals surface area contributed by atoms with Gasteiger partial charge < -0.3 is 10.4 Å². The fraction of sp³-hybridized carbons (Fsp3) is 0.0714. The first-order chi connectivity index (χ1) is 8.72. The van der Waals surface area contributed by atoms with Crippen LogP contribution >= 0.6 is 15.9 Å². The van der Waals surface area contributed by atoms with Crippen molar-refractivity contribution in [2.45, 2.75) is 6.10 Å². The van der Waals surface area contributed by atoms with E-state index in [0.717, 1.165) is 26.7 Å². The Balaban J connectivity index is 2.22. The number of hydrogen-bond donors (Lipinski definition) is 2. The van der Waals surface area contributed by atoms with Crippen molar-refractivity contribution in [2.24, 2.45) is 0 Å². The summed E-state index contributed by atoms with van der Waals surface area (Å²) in [7, 11) is 0. The number of carbonyl (C=O) groups is 1. The van der Waals surface area contributed by atoms with Gasteiger partial charge in [0.15, 0.2) is 0 Å². The van der Waals surface area contributed by atoms with Gasteiger partial charge >= 0.3 is 0 Å². The lowest BCUT2D eigenvalue weighted by Crippen LogP contribution is -1.98. The van der Waals surface area contributed by atoms with Crippen LogP contribution in [0.2, 0.25) is 0 Å². The third kappa shape index (κ3) is 1.57. The number of anilines is 1. The maximum Gasteiger partial charge on any atom is 0.211 e. The van der Waals surface area contributed by atoms with Gasteiger partial charge in [0, 0.05) is 4.47 Å². The van der Waals surface area contributed by atoms with Crippen molar-refractivity contribution in [3.05, 3.63) is 52.0 Å². The second kappa shape index (κ2) is 4.23. The van der Waals surface area contributed by atoms with Crippen LogP contribution < -0.4 is 5.32 Å². The zero-order chi connectivity index (χ0) is 12.7. The molecule has 2 aromatic carbocycles. The Labute approximate surface area is 113 Å². The number of rotatable bonds is 2. The molecule has 0 saturated heterocycles. The predicted molar refractivity (Wildman–Crippen MR) is 73.3 cm³/mol. The van der Waals surface area contributed by atoms with Crippen molar-refractivity contribution in [1.29, 1.82) is 0 Å². The van der Waals surface area contributed by atoms with Crippen LogP contribution in [-0.2, 0) is 4.79 Å². The van der Waals surface area contributed by atoms with Gasteiger partial charge in [0.1, 0.15) is 6.10 Å². The van der Waals surface area contributed by atoms with Gasteiger partial charge in [-0.2, -0.15) is 0 Å². The number of fused-ring (bicyclic) bond motifs is 3. The molecule has 90 valence electrons. The minimum absolute atomic E-state index is 0.626. The van der Waals surface area contributed by atoms with Crippen LogP contribution in [0.4, 0.5) is 5.69 Å². The normalized spacial score (nSPS) is 16.0. The summed E-state index contributed by atoms with van der Waals surface area (Å²) in [6, 6.07) is 11.5. The molecule has 0 spiro atoms. The standard InChI is InChI=1S/C14H10BrNO2/c15-12-5-10-8-3-1-2-4-9(8)14(18)11(10)6-13(12)16-7-17/h1-7,14,18H,(H,16,17)/t14-/m0/s1. The van der Waals surface area contributed by atoms with Crippen LogP contribution in [0.15, 0.2) is 40.9 Å². The van der Waals surface area contributed by atoms with Gasteiger partial charge in [0.2, 0.25) is 6.41 Å². The number of halogens is 1. The summed E-state index contributed by atoms with van der Waals surface area (Å²) in [5.74, 6) is 0. The van der Waals surface area contributed by atoms with Crippen molar-refractivity contribution in [1.82, 2.24) is 0 Å². The first-order valence-electron chi connectivity index (χ1n) is 5.53. The van der Waals surface area contributed by atoms with Crippen LogP contribution in [0.1, 0.15) is 17.2 Å². The number of nitrogens with one attached hydrogen (secondary N) is 1. The average molecular weight is 304 g/mol. The molecule has 0 fully saturated rings. The molecule has 2 N–H and O–H groups in total. The highest BCUT2D eigenvalue weighted by Crippen LogP contribution is 2.46. The summed E-state index contributed by atoms with van der Waals surface area (Å²) < 4.78 is 0.803. The van der Waals surface area contributed by atoms with E-state index in [0.29, 0.717) is 12.1 Å². The molecular formula is C14H10BrNO2. The lowest BCUT2D eigenvalue weighted by atomic mass is 10.1. The smallest absolute Gasteiger partial charge is 0.211 e. The average Bonchev–Trinajstić information content (AvgIpc) is 2.65. The third-order valence-electron chi connectivity index (χ3n) is 3.19. The van der Waals surface area contributed by atoms with Crippen molar-refractivity contribution in [3.8, 4) is 11.1 Å². The topological polar surface area (TPSA) is 49.3 Å². The second-order valence-corrected chi connectivity index (χ2v) is 5.03. The molecule has 0 aliphatic heterocycles. The molecule has 1 atom stereocenters. The third-order valence-corrected chi connectivity index (χ3v) is 3.85. The number of amides is 1. The molecule has 3 nitrogen and oxygen atoms in total. The maximum absolute atomic E-state index is 10.5. The molecule has 0 heterocycles. The molecule has 0 unspecified atom stereocenters. The van der Waals surface area contributed by atoms with Crippen molar-refractivity contribution in [2.75, 3.05) is 5.32 Å². The first kappa shape index (κ1) is 11.4. The van der Waals surface area contributed by atoms with E-state index >= 15 is 0 Å². The van der Waals surface area contributed by atoms with Gasteiger partial charge in [0.05, 0.1) is 5.69 Å². The predicted octanol–water partition coefficient (Wildman–Crippen LogP) is 3.08. The van der Waals surface area contributed by atoms with Crippen molar-refractivity contribution < 1.29 is 9.90 Å². The highest BCUT2D eigenvalue weighted by atomic mass is 79.9. The van der Waals surface area contributed by atoms with Crippen molar-refractivity contribution >= 4 is 28.0 Å². The van der Waals surface area contributed by atoms with E-state index in [4.69, 9.17) is 0 Å². The number of aliphatic hydroxyl groups is 1. The molecule has 18 heavy (non-hydrogen) atoms. The summed E-state index contributed by atoms with van der Waals surface area (Å²) in [6.45, 7) is 0. The van der Waals surface area contributed by atoms with E-state index in [1.54, 1.807) is 6.07 Å². The maximum atomic E-state index is 10.5. The minimum Gasteiger partial charge on any atom is -0.384 e. The van der Waals surface area contributed by atoms with E-state index in [-0.39, 0.29) is 0 Å². The molecule has 1 aliphatic carbocycles. The van der Waals surface area contributed by atoms with Crippen LogP contribution in [-0.4, -0.2) is 11.5 Å². The largest absolute Gasteiger partial charge is 0.384 e. The lowest BCUT2D eigenvalue weighted by Gasteiger charge is -2.09. The van der Waals surface area contributed by atoms with Gasteiger partial charge in [-0.15, -0.1) is 0 Å². The molecule has 0 bridgehead atoms. The van der Waals surface area contributed by atoms with E-state index in [9.17, 15) is 9.90 Å². The quantitative estimate of drug-likeness (QED) is 0.838. The Kier molecular flexibility index (Phi) is 2.69. The Morgan fingerprint density at radius 1 is 1.17 bits per heavy atom. The van der Waals surface area contributed by atoms with Crippen molar-refractivity contribution in [3.63, 3.8) is 0 Å². The van der Waals surface area contributed by atoms with E-state index in [2.05, 4.69) is 21.2 Å². The highest BCUT2D eigenvalue weighted by Gasteiger charge is 2.27. The zero-order valence-corrected chi connectivity index (χ0v) is 10.9. The molecule has 4 heteroatoms. The molecule has 3 rings (SSSR count). The molecule has 0 saturated carbocycles. The Morgan fingerprint density at radius 2 is 1.94 bits per heavy atom. The lowest BCUT2D eigenvalue weighted by molar-refractivity contribution is -0.105. The van der Waals surface area contributed by atoms with Gasteiger partial charge in [0.25, 0.3) is 0 Å². The van der Waals surface area contributed by atoms with Gasteiger partial charge in [-0.1, -0.05) is 24.3 Å². The summed E-state index contributed by atoms with van der Waals surface area (Å²) >= 11 is 3.42. The van der Waals surface area contributed by atoms with Gasteiger partial charge in [-0.05, 0) is 50.3 Å². The molecular weight excluding hydrogens is 294 g/mol. The molecule has 0 aromatic heterocycles. The summed E-state index contributed by atoms with van der Waals surface area (Å²) in [5.41, 5.74) is 4.43. The Hall–Kier alpha value is -1.65. The number of benzene rings is 2. The molecule has 2 aromatic rings. The number of carbonyl (C=O) groups excluding carboxylic acids is 1. The highest BCUT2D eigenvalue weighted by molar-refractivity contribution is 9.10. The fourth-order valence-electron chi connectivity index (χ4n) is 2.37. The van der Waals surface area contributed by atoms with Crippen LogP contribution in [0.3, 0.4) is 0 Å². The van der Waals surface area contributed by atoms with Gasteiger partial charge in [-0.25, -0.2) is 0 Å². The minimum atomic E-state index is -0.628. The summed E-state index contributed by atoms with van der Waals surface area (Å²) in [5, 5.41) is 12.9. The Morgan fingerprint density at radius 3 is 2.72 bits per heavy atom. The van der Waals surface area contributed by atoms with Crippen LogP contribution in [0.25, 0.3) is 11.1 Å². The molecule has 0 radical (unpaired) electrons. The monoisotopic (exact) mass is 303 g/mol. The van der Waals surface area contributed by atoms with E-state index in [1.165, 1.54) is 0 Å². The SMILES string of the molecule is O=CNc1cc2c(cc1Br)-c1ccccc1[C@@H]2O. The van der Waals surface area contributed by atoms with Crippen LogP contribution in [0.5, 0.6) is 0 Å². The first-order valence-corrected chi connectivity index (χ1v) is 6.32. The van der Waals surface area contributed by atoms with Gasteiger partial charge in [-0.3, -0.25) is 4.79 Å². The van der Waals surface area contributed by atoms with E-state index in [1.807, 2.05) is 30.3 Å². The van der Waals surface area contributed by atoms with Crippen LogP contribution in [0, 0.1) is 0 Å². The van der Waals surface area contributed by atoms with E-state index < -0.39 is 6.10 Å². The fourth-order valence-corrected chi connectivity index (χ4v) is 2.83. The number of hydrogen-bond acceptors (Lipinski definition) is 2. The molecule has 1 aliphatic rings. The summed E-state index contributed by atoms with van der Waals surface area (Å²) in [6.07, 6.45) is -0.00228.